The van der Waals surface area contributed by atoms with E-state index in [1.54, 1.807) is 24.5 Å². The Morgan fingerprint density at radius 1 is 1.06 bits per heavy atom. The Morgan fingerprint density at radius 3 is 2.68 bits per heavy atom. The van der Waals surface area contributed by atoms with Crippen molar-refractivity contribution >= 4 is 5.78 Å². The van der Waals surface area contributed by atoms with Gasteiger partial charge in [0.05, 0.1) is 5.69 Å². The van der Waals surface area contributed by atoms with E-state index < -0.39 is 0 Å². The molecule has 2 aliphatic rings. The molecule has 0 amide bonds. The number of carbonyl (C=O) groups is 1. The number of hydrogen-bond acceptors (Lipinski definition) is 6. The normalized spacial score (nSPS) is 16.9. The van der Waals surface area contributed by atoms with Crippen molar-refractivity contribution in [3.63, 3.8) is 0 Å². The maximum absolute atomic E-state index is 13.4. The smallest absolute Gasteiger partial charge is 0.226 e. The fourth-order valence-electron chi connectivity index (χ4n) is 4.15. The molecule has 0 aliphatic carbocycles. The lowest BCUT2D eigenvalue weighted by atomic mass is 9.88. The molecule has 160 valence electrons. The van der Waals surface area contributed by atoms with E-state index in [0.717, 1.165) is 31.6 Å². The summed E-state index contributed by atoms with van der Waals surface area (Å²) in [5, 5.41) is 0. The van der Waals surface area contributed by atoms with Crippen molar-refractivity contribution in [3.05, 3.63) is 65.8 Å². The van der Waals surface area contributed by atoms with Gasteiger partial charge in [-0.05, 0) is 62.3 Å². The van der Waals surface area contributed by atoms with Gasteiger partial charge in [0.15, 0.2) is 17.3 Å². The van der Waals surface area contributed by atoms with Crippen LogP contribution < -0.4 is 9.47 Å². The largest absolute Gasteiger partial charge is 0.486 e. The summed E-state index contributed by atoms with van der Waals surface area (Å²) in [5.74, 6) is 1.60. The van der Waals surface area contributed by atoms with Crippen molar-refractivity contribution < 1.29 is 23.1 Å². The number of halogens is 1. The predicted molar refractivity (Wildman–Crippen MR) is 112 cm³/mol. The molecule has 1 aromatic heterocycles. The summed E-state index contributed by atoms with van der Waals surface area (Å²) in [4.78, 5) is 19.7. The maximum atomic E-state index is 13.4. The van der Waals surface area contributed by atoms with Crippen LogP contribution in [0.4, 0.5) is 4.39 Å². The SMILES string of the molecule is O=C(c1ccc2c(c1)OCCO2)C1CCN(Cc2coc(-c3cccc(F)c3)n2)CC1. The van der Waals surface area contributed by atoms with E-state index in [0.29, 0.717) is 48.3 Å². The molecule has 7 heteroatoms. The zero-order chi connectivity index (χ0) is 21.2. The third-order valence-electron chi connectivity index (χ3n) is 5.79. The Hall–Kier alpha value is -3.19. The summed E-state index contributed by atoms with van der Waals surface area (Å²) >= 11 is 0. The zero-order valence-corrected chi connectivity index (χ0v) is 17.1. The standard InChI is InChI=1S/C24H23FN2O4/c25-19-3-1-2-18(12-19)24-26-20(15-31-24)14-27-8-6-16(7-9-27)23(28)17-4-5-21-22(13-17)30-11-10-29-21/h1-5,12-13,15-16H,6-11,14H2. The van der Waals surface area contributed by atoms with Crippen molar-refractivity contribution in [2.24, 2.45) is 5.92 Å². The van der Waals surface area contributed by atoms with Crippen LogP contribution in [0, 0.1) is 11.7 Å². The van der Waals surface area contributed by atoms with Crippen LogP contribution in [0.1, 0.15) is 28.9 Å². The molecule has 1 saturated heterocycles. The van der Waals surface area contributed by atoms with Crippen LogP contribution in [0.5, 0.6) is 11.5 Å². The highest BCUT2D eigenvalue weighted by molar-refractivity contribution is 5.98. The van der Waals surface area contributed by atoms with Crippen LogP contribution in [0.25, 0.3) is 11.5 Å². The molecule has 2 aromatic carbocycles. The Bertz CT molecular complexity index is 1090. The Labute approximate surface area is 179 Å². The molecular weight excluding hydrogens is 399 g/mol. The van der Waals surface area contributed by atoms with Crippen LogP contribution >= 0.6 is 0 Å². The molecule has 3 aromatic rings. The van der Waals surface area contributed by atoms with Gasteiger partial charge in [-0.3, -0.25) is 9.69 Å². The average molecular weight is 422 g/mol. The fourth-order valence-corrected chi connectivity index (χ4v) is 4.15. The molecule has 0 atom stereocenters. The Kier molecular flexibility index (Phi) is 5.42. The molecule has 2 aliphatic heterocycles. The highest BCUT2D eigenvalue weighted by atomic mass is 19.1. The summed E-state index contributed by atoms with van der Waals surface area (Å²) in [6.45, 7) is 3.30. The summed E-state index contributed by atoms with van der Waals surface area (Å²) in [6.07, 6.45) is 3.20. The quantitative estimate of drug-likeness (QED) is 0.570. The van der Waals surface area contributed by atoms with Crippen molar-refractivity contribution in [2.75, 3.05) is 26.3 Å². The number of fused-ring (bicyclic) bond motifs is 1. The second-order valence-electron chi connectivity index (χ2n) is 7.93. The number of benzene rings is 2. The summed E-state index contributed by atoms with van der Waals surface area (Å²) in [7, 11) is 0. The molecule has 0 N–H and O–H groups in total. The lowest BCUT2D eigenvalue weighted by Crippen LogP contribution is -2.36. The van der Waals surface area contributed by atoms with E-state index in [1.807, 2.05) is 12.1 Å². The van der Waals surface area contributed by atoms with E-state index in [-0.39, 0.29) is 17.5 Å². The summed E-state index contributed by atoms with van der Waals surface area (Å²) in [5.41, 5.74) is 2.10. The number of oxazole rings is 1. The Balaban J connectivity index is 1.18. The molecule has 0 unspecified atom stereocenters. The van der Waals surface area contributed by atoms with Crippen LogP contribution in [-0.4, -0.2) is 42.0 Å². The minimum Gasteiger partial charge on any atom is -0.486 e. The molecule has 0 radical (unpaired) electrons. The van der Waals surface area contributed by atoms with Crippen molar-refractivity contribution in [3.8, 4) is 23.0 Å². The highest BCUT2D eigenvalue weighted by Crippen LogP contribution is 2.32. The number of ether oxygens (including phenoxy) is 2. The summed E-state index contributed by atoms with van der Waals surface area (Å²) < 4.78 is 30.1. The molecule has 0 bridgehead atoms. The molecule has 0 spiro atoms. The van der Waals surface area contributed by atoms with Crippen LogP contribution in [0.2, 0.25) is 0 Å². The maximum Gasteiger partial charge on any atom is 0.226 e. The molecule has 1 fully saturated rings. The van der Waals surface area contributed by atoms with Crippen LogP contribution in [0.15, 0.2) is 53.1 Å². The molecule has 3 heterocycles. The number of nitrogens with zero attached hydrogens (tertiary/aromatic N) is 2. The lowest BCUT2D eigenvalue weighted by molar-refractivity contribution is 0.0832. The highest BCUT2D eigenvalue weighted by Gasteiger charge is 2.27. The van der Waals surface area contributed by atoms with Gasteiger partial charge in [-0.2, -0.15) is 0 Å². The molecular formula is C24H23FN2O4. The van der Waals surface area contributed by atoms with E-state index in [9.17, 15) is 9.18 Å². The first-order valence-corrected chi connectivity index (χ1v) is 10.5. The van der Waals surface area contributed by atoms with Crippen molar-refractivity contribution in [1.29, 1.82) is 0 Å². The lowest BCUT2D eigenvalue weighted by Gasteiger charge is -2.30. The second kappa shape index (κ2) is 8.51. The van der Waals surface area contributed by atoms with Gasteiger partial charge in [0.2, 0.25) is 5.89 Å². The number of rotatable bonds is 5. The number of hydrogen-bond donors (Lipinski definition) is 0. The number of ketones is 1. The van der Waals surface area contributed by atoms with Gasteiger partial charge in [-0.1, -0.05) is 6.07 Å². The van der Waals surface area contributed by atoms with Gasteiger partial charge in [-0.15, -0.1) is 0 Å². The fraction of sp³-hybridized carbons (Fsp3) is 0.333. The molecule has 31 heavy (non-hydrogen) atoms. The zero-order valence-electron chi connectivity index (χ0n) is 17.1. The third-order valence-corrected chi connectivity index (χ3v) is 5.79. The first kappa shape index (κ1) is 19.8. The van der Waals surface area contributed by atoms with Gasteiger partial charge in [0.1, 0.15) is 25.3 Å². The first-order chi connectivity index (χ1) is 15.2. The Morgan fingerprint density at radius 2 is 1.87 bits per heavy atom. The first-order valence-electron chi connectivity index (χ1n) is 10.5. The summed E-state index contributed by atoms with van der Waals surface area (Å²) in [6, 6.07) is 11.6. The minimum atomic E-state index is -0.318. The van der Waals surface area contributed by atoms with E-state index >= 15 is 0 Å². The van der Waals surface area contributed by atoms with Gasteiger partial charge in [0.25, 0.3) is 0 Å². The van der Waals surface area contributed by atoms with Crippen LogP contribution in [-0.2, 0) is 6.54 Å². The molecule has 6 nitrogen and oxygen atoms in total. The average Bonchev–Trinajstić information content (AvgIpc) is 3.27. The van der Waals surface area contributed by atoms with Crippen LogP contribution in [0.3, 0.4) is 0 Å². The number of Topliss-reactive ketones (excluding diaryl/α,β-unsaturated/α-hetero) is 1. The monoisotopic (exact) mass is 422 g/mol. The number of likely N-dealkylation sites (tertiary alicyclic amines) is 1. The molecule has 5 rings (SSSR count). The topological polar surface area (TPSA) is 64.8 Å². The van der Waals surface area contributed by atoms with Gasteiger partial charge in [-0.25, -0.2) is 9.37 Å². The van der Waals surface area contributed by atoms with Gasteiger partial charge >= 0.3 is 0 Å². The van der Waals surface area contributed by atoms with Gasteiger partial charge < -0.3 is 13.9 Å². The minimum absolute atomic E-state index is 0.000951. The number of aromatic nitrogens is 1. The van der Waals surface area contributed by atoms with E-state index in [2.05, 4.69) is 9.88 Å². The number of piperidine rings is 1. The van der Waals surface area contributed by atoms with Crippen molar-refractivity contribution in [1.82, 2.24) is 9.88 Å². The number of carbonyl (C=O) groups excluding carboxylic acids is 1. The molecule has 0 saturated carbocycles. The van der Waals surface area contributed by atoms with E-state index in [1.165, 1.54) is 12.1 Å². The van der Waals surface area contributed by atoms with E-state index in [4.69, 9.17) is 13.9 Å². The predicted octanol–water partition coefficient (Wildman–Crippen LogP) is 4.35. The second-order valence-corrected chi connectivity index (χ2v) is 7.93. The third kappa shape index (κ3) is 4.32. The van der Waals surface area contributed by atoms with Crippen molar-refractivity contribution in [2.45, 2.75) is 19.4 Å². The van der Waals surface area contributed by atoms with Gasteiger partial charge in [0, 0.05) is 23.6 Å².